The van der Waals surface area contributed by atoms with Gasteiger partial charge in [0.15, 0.2) is 0 Å². The van der Waals surface area contributed by atoms with Crippen molar-refractivity contribution in [3.63, 3.8) is 0 Å². The molecule has 1 aromatic rings. The van der Waals surface area contributed by atoms with Crippen LogP contribution in [0.3, 0.4) is 0 Å². The first kappa shape index (κ1) is 16.9. The van der Waals surface area contributed by atoms with E-state index in [0.29, 0.717) is 18.7 Å². The molecule has 1 N–H and O–H groups in total. The zero-order valence-corrected chi connectivity index (χ0v) is 13.2. The maximum Gasteiger partial charge on any atom is 0.237 e. The van der Waals surface area contributed by atoms with Gasteiger partial charge in [-0.25, -0.2) is 17.5 Å². The van der Waals surface area contributed by atoms with E-state index in [-0.39, 0.29) is 24.6 Å². The van der Waals surface area contributed by atoms with Crippen molar-refractivity contribution < 1.29 is 17.6 Å². The summed E-state index contributed by atoms with van der Waals surface area (Å²) in [4.78, 5) is 13.6. The zero-order valence-electron chi connectivity index (χ0n) is 12.4. The SMILES string of the molecule is O=C(CNS(=O)(=O)CCc1ccccc1F)N1CCCCC1. The third-order valence-corrected chi connectivity index (χ3v) is 5.08. The minimum absolute atomic E-state index is 0.0832. The molecule has 1 aliphatic rings. The van der Waals surface area contributed by atoms with Crippen LogP contribution in [0.15, 0.2) is 24.3 Å². The first-order chi connectivity index (χ1) is 10.5. The van der Waals surface area contributed by atoms with Gasteiger partial charge in [-0.1, -0.05) is 18.2 Å². The fourth-order valence-electron chi connectivity index (χ4n) is 2.44. The highest BCUT2D eigenvalue weighted by atomic mass is 32.2. The average molecular weight is 328 g/mol. The van der Waals surface area contributed by atoms with E-state index in [0.717, 1.165) is 19.3 Å². The van der Waals surface area contributed by atoms with E-state index >= 15 is 0 Å². The number of likely N-dealkylation sites (tertiary alicyclic amines) is 1. The number of hydrogen-bond donors (Lipinski definition) is 1. The lowest BCUT2D eigenvalue weighted by Gasteiger charge is -2.26. The molecule has 0 bridgehead atoms. The molecule has 1 aliphatic heterocycles. The Morgan fingerprint density at radius 3 is 2.55 bits per heavy atom. The van der Waals surface area contributed by atoms with E-state index in [9.17, 15) is 17.6 Å². The lowest BCUT2D eigenvalue weighted by atomic mass is 10.1. The maximum absolute atomic E-state index is 13.4. The van der Waals surface area contributed by atoms with Gasteiger partial charge in [0.2, 0.25) is 15.9 Å². The minimum atomic E-state index is -3.59. The van der Waals surface area contributed by atoms with Crippen LogP contribution in [-0.4, -0.2) is 44.6 Å². The predicted octanol–water partition coefficient (Wildman–Crippen LogP) is 1.30. The second-order valence-corrected chi connectivity index (χ2v) is 7.35. The summed E-state index contributed by atoms with van der Waals surface area (Å²) >= 11 is 0. The topological polar surface area (TPSA) is 66.5 Å². The van der Waals surface area contributed by atoms with E-state index in [2.05, 4.69) is 4.72 Å². The van der Waals surface area contributed by atoms with Gasteiger partial charge in [-0.15, -0.1) is 0 Å². The predicted molar refractivity (Wildman–Crippen MR) is 82.3 cm³/mol. The van der Waals surface area contributed by atoms with Crippen molar-refractivity contribution >= 4 is 15.9 Å². The number of sulfonamides is 1. The molecule has 7 heteroatoms. The number of hydrogen-bond acceptors (Lipinski definition) is 3. The number of benzene rings is 1. The van der Waals surface area contributed by atoms with Crippen molar-refractivity contribution in [2.45, 2.75) is 25.7 Å². The maximum atomic E-state index is 13.4. The smallest absolute Gasteiger partial charge is 0.237 e. The Morgan fingerprint density at radius 2 is 1.86 bits per heavy atom. The van der Waals surface area contributed by atoms with Gasteiger partial charge in [0.25, 0.3) is 0 Å². The summed E-state index contributed by atoms with van der Waals surface area (Å²) in [5.41, 5.74) is 0.357. The zero-order chi connectivity index (χ0) is 16.0. The van der Waals surface area contributed by atoms with Crippen molar-refractivity contribution in [3.05, 3.63) is 35.6 Å². The van der Waals surface area contributed by atoms with Gasteiger partial charge in [-0.3, -0.25) is 4.79 Å². The van der Waals surface area contributed by atoms with Crippen molar-refractivity contribution in [2.24, 2.45) is 0 Å². The van der Waals surface area contributed by atoms with Gasteiger partial charge in [-0.2, -0.15) is 0 Å². The van der Waals surface area contributed by atoms with Crippen LogP contribution < -0.4 is 4.72 Å². The minimum Gasteiger partial charge on any atom is -0.342 e. The largest absolute Gasteiger partial charge is 0.342 e. The van der Waals surface area contributed by atoms with Crippen LogP contribution in [0.5, 0.6) is 0 Å². The van der Waals surface area contributed by atoms with Gasteiger partial charge in [0, 0.05) is 13.1 Å². The molecule has 0 saturated carbocycles. The number of nitrogens with zero attached hydrogens (tertiary/aromatic N) is 1. The first-order valence-electron chi connectivity index (χ1n) is 7.46. The highest BCUT2D eigenvalue weighted by Gasteiger charge is 2.19. The molecular formula is C15H21FN2O3S. The number of rotatable bonds is 6. The fourth-order valence-corrected chi connectivity index (χ4v) is 3.42. The summed E-state index contributed by atoms with van der Waals surface area (Å²) in [7, 11) is -3.59. The van der Waals surface area contributed by atoms with Gasteiger partial charge in [0.1, 0.15) is 5.82 Å². The molecule has 1 aromatic carbocycles. The molecule has 1 saturated heterocycles. The van der Waals surface area contributed by atoms with E-state index in [1.54, 1.807) is 23.1 Å². The van der Waals surface area contributed by atoms with Crippen LogP contribution in [0, 0.1) is 5.82 Å². The molecule has 0 aromatic heterocycles. The number of halogens is 1. The molecule has 0 atom stereocenters. The number of carbonyl (C=O) groups excluding carboxylic acids is 1. The summed E-state index contributed by atoms with van der Waals surface area (Å²) < 4.78 is 39.5. The summed E-state index contributed by atoms with van der Waals surface area (Å²) in [6.45, 7) is 1.16. The van der Waals surface area contributed by atoms with Crippen molar-refractivity contribution in [3.8, 4) is 0 Å². The van der Waals surface area contributed by atoms with Gasteiger partial charge in [-0.05, 0) is 37.3 Å². The molecular weight excluding hydrogens is 307 g/mol. The van der Waals surface area contributed by atoms with Crippen LogP contribution in [0.25, 0.3) is 0 Å². The molecule has 22 heavy (non-hydrogen) atoms. The molecule has 5 nitrogen and oxygen atoms in total. The molecule has 1 amide bonds. The van der Waals surface area contributed by atoms with Crippen LogP contribution in [0.1, 0.15) is 24.8 Å². The van der Waals surface area contributed by atoms with Crippen LogP contribution in [0.4, 0.5) is 4.39 Å². The molecule has 0 aliphatic carbocycles. The second kappa shape index (κ2) is 7.69. The third-order valence-electron chi connectivity index (χ3n) is 3.75. The molecule has 0 radical (unpaired) electrons. The standard InChI is InChI=1S/C15H21FN2O3S/c16-14-7-3-2-6-13(14)8-11-22(20,21)17-12-15(19)18-9-4-1-5-10-18/h2-3,6-7,17H,1,4-5,8-12H2. The number of carbonyl (C=O) groups is 1. The summed E-state index contributed by atoms with van der Waals surface area (Å²) in [6.07, 6.45) is 3.12. The number of aryl methyl sites for hydroxylation is 1. The molecule has 122 valence electrons. The van der Waals surface area contributed by atoms with Gasteiger partial charge in [0.05, 0.1) is 12.3 Å². The molecule has 1 heterocycles. The van der Waals surface area contributed by atoms with Crippen molar-refractivity contribution in [2.75, 3.05) is 25.4 Å². The molecule has 2 rings (SSSR count). The Balaban J connectivity index is 1.81. The molecule has 0 spiro atoms. The summed E-state index contributed by atoms with van der Waals surface area (Å²) in [5, 5.41) is 0. The Hall–Kier alpha value is -1.47. The van der Waals surface area contributed by atoms with Crippen molar-refractivity contribution in [1.82, 2.24) is 9.62 Å². The quantitative estimate of drug-likeness (QED) is 0.856. The molecule has 1 fully saturated rings. The average Bonchev–Trinajstić information content (AvgIpc) is 2.53. The Kier molecular flexibility index (Phi) is 5.90. The summed E-state index contributed by atoms with van der Waals surface area (Å²) in [5.74, 6) is -0.849. The highest BCUT2D eigenvalue weighted by Crippen LogP contribution is 2.09. The van der Waals surface area contributed by atoms with E-state index < -0.39 is 15.8 Å². The monoisotopic (exact) mass is 328 g/mol. The van der Waals surface area contributed by atoms with Crippen molar-refractivity contribution in [1.29, 1.82) is 0 Å². The van der Waals surface area contributed by atoms with Crippen LogP contribution in [0.2, 0.25) is 0 Å². The van der Waals surface area contributed by atoms with E-state index in [1.807, 2.05) is 0 Å². The number of amides is 1. The Morgan fingerprint density at radius 1 is 1.18 bits per heavy atom. The normalized spacial score (nSPS) is 15.8. The number of piperidine rings is 1. The first-order valence-corrected chi connectivity index (χ1v) is 9.12. The number of nitrogens with one attached hydrogen (secondary N) is 1. The fraction of sp³-hybridized carbons (Fsp3) is 0.533. The van der Waals surface area contributed by atoms with Crippen LogP contribution in [-0.2, 0) is 21.2 Å². The van der Waals surface area contributed by atoms with Gasteiger partial charge < -0.3 is 4.90 Å². The second-order valence-electron chi connectivity index (χ2n) is 5.42. The lowest BCUT2D eigenvalue weighted by Crippen LogP contribution is -2.43. The van der Waals surface area contributed by atoms with E-state index in [1.165, 1.54) is 6.07 Å². The van der Waals surface area contributed by atoms with Gasteiger partial charge >= 0.3 is 0 Å². The lowest BCUT2D eigenvalue weighted by molar-refractivity contribution is -0.130. The van der Waals surface area contributed by atoms with E-state index in [4.69, 9.17) is 0 Å². The van der Waals surface area contributed by atoms with Crippen LogP contribution >= 0.6 is 0 Å². The Bertz CT molecular complexity index is 613. The highest BCUT2D eigenvalue weighted by molar-refractivity contribution is 7.89. The summed E-state index contributed by atoms with van der Waals surface area (Å²) in [6, 6.07) is 6.08. The third kappa shape index (κ3) is 5.06. The molecule has 0 unspecified atom stereocenters. The Labute approximate surface area is 130 Å².